The van der Waals surface area contributed by atoms with Gasteiger partial charge in [-0.3, -0.25) is 10.1 Å². The molecule has 2 aromatic rings. The highest BCUT2D eigenvalue weighted by Crippen LogP contribution is 2.33. The minimum atomic E-state index is -3.52. The molecule has 3 rings (SSSR count). The number of benzene rings is 1. The van der Waals surface area contributed by atoms with Gasteiger partial charge >= 0.3 is 6.03 Å². The molecule has 170 valence electrons. The summed E-state index contributed by atoms with van der Waals surface area (Å²) in [6.45, 7) is 1.82. The van der Waals surface area contributed by atoms with Crippen LogP contribution < -0.4 is 21.7 Å². The van der Waals surface area contributed by atoms with Crippen LogP contribution >= 0.6 is 11.3 Å². The number of hydrogen-bond donors (Lipinski definition) is 4. The van der Waals surface area contributed by atoms with E-state index in [-0.39, 0.29) is 22.9 Å². The molecule has 9 nitrogen and oxygen atoms in total. The minimum absolute atomic E-state index is 0.123. The predicted molar refractivity (Wildman–Crippen MR) is 123 cm³/mol. The van der Waals surface area contributed by atoms with Gasteiger partial charge in [0.1, 0.15) is 0 Å². The van der Waals surface area contributed by atoms with Crippen molar-refractivity contribution in [2.45, 2.75) is 49.2 Å². The van der Waals surface area contributed by atoms with Crippen LogP contribution in [-0.2, 0) is 21.1 Å². The highest BCUT2D eigenvalue weighted by Gasteiger charge is 2.32. The molecule has 1 aromatic carbocycles. The zero-order valence-corrected chi connectivity index (χ0v) is 19.5. The Labute approximate surface area is 186 Å². The van der Waals surface area contributed by atoms with Crippen molar-refractivity contribution >= 4 is 43.9 Å². The Morgan fingerprint density at radius 1 is 1.19 bits per heavy atom. The van der Waals surface area contributed by atoms with Crippen LogP contribution in [0.3, 0.4) is 0 Å². The second-order valence-corrected chi connectivity index (χ2v) is 10.1. The Morgan fingerprint density at radius 2 is 1.87 bits per heavy atom. The number of nitrogens with zero attached hydrogens (tertiary/aromatic N) is 1. The third-order valence-corrected chi connectivity index (χ3v) is 7.93. The van der Waals surface area contributed by atoms with Gasteiger partial charge in [-0.15, -0.1) is 11.3 Å². The van der Waals surface area contributed by atoms with Crippen molar-refractivity contribution in [1.82, 2.24) is 10.3 Å². The molecule has 0 spiro atoms. The number of aromatic nitrogens is 1. The lowest BCUT2D eigenvalue weighted by Crippen LogP contribution is -2.24. The van der Waals surface area contributed by atoms with E-state index < -0.39 is 21.1 Å². The van der Waals surface area contributed by atoms with Crippen molar-refractivity contribution in [2.75, 3.05) is 24.7 Å². The molecule has 1 fully saturated rings. The predicted octanol–water partition coefficient (Wildman–Crippen LogP) is 2.68. The summed E-state index contributed by atoms with van der Waals surface area (Å²) >= 11 is 1.19. The van der Waals surface area contributed by atoms with E-state index in [9.17, 15) is 18.0 Å². The number of carbonyl (C=O) groups is 2. The lowest BCUT2D eigenvalue weighted by atomic mass is 10.2. The largest absolute Gasteiger partial charge is 0.359 e. The number of nitrogens with two attached hydrogens (primary N) is 1. The standard InChI is InChI=1S/C19H24N4O4S2.CH5N/c1-12-7-8-15(16(9-12)29(26,27)14-5-3-4-6-14)22-18(25)23-19-21-13(11-28-19)10-17(24)20-2;1-2/h7-9,11,14H,3-6,10H2,1-2H3,(H,20,24)(H2,21,22,23,25);2H2,1H3. The van der Waals surface area contributed by atoms with Crippen LogP contribution in [0.4, 0.5) is 15.6 Å². The number of likely N-dealkylation sites (N-methyl/N-ethyl adjacent to an activating group) is 1. The van der Waals surface area contributed by atoms with Crippen molar-refractivity contribution in [3.8, 4) is 0 Å². The van der Waals surface area contributed by atoms with Gasteiger partial charge < -0.3 is 16.4 Å². The quantitative estimate of drug-likeness (QED) is 0.514. The van der Waals surface area contributed by atoms with Gasteiger partial charge in [-0.1, -0.05) is 18.9 Å². The van der Waals surface area contributed by atoms with E-state index in [4.69, 9.17) is 0 Å². The molecular weight excluding hydrogens is 438 g/mol. The Hall–Kier alpha value is -2.50. The molecule has 1 aliphatic rings. The fourth-order valence-corrected chi connectivity index (χ4v) is 6.09. The first-order chi connectivity index (χ1) is 14.8. The first-order valence-electron chi connectivity index (χ1n) is 9.95. The zero-order chi connectivity index (χ0) is 23.0. The van der Waals surface area contributed by atoms with E-state index >= 15 is 0 Å². The Bertz CT molecular complexity index is 1010. The van der Waals surface area contributed by atoms with Gasteiger partial charge in [-0.05, 0) is 44.5 Å². The number of urea groups is 1. The molecule has 0 atom stereocenters. The summed E-state index contributed by atoms with van der Waals surface area (Å²) in [6, 6.07) is 4.38. The van der Waals surface area contributed by atoms with Gasteiger partial charge in [-0.25, -0.2) is 18.2 Å². The molecule has 0 unspecified atom stereocenters. The number of nitrogens with one attached hydrogen (secondary N) is 3. The van der Waals surface area contributed by atoms with E-state index in [0.717, 1.165) is 18.4 Å². The third-order valence-electron chi connectivity index (χ3n) is 4.83. The van der Waals surface area contributed by atoms with Crippen LogP contribution in [0.15, 0.2) is 28.5 Å². The smallest absolute Gasteiger partial charge is 0.325 e. The van der Waals surface area contributed by atoms with Crippen LogP contribution in [-0.4, -0.2) is 44.7 Å². The second kappa shape index (κ2) is 11.2. The maximum Gasteiger partial charge on any atom is 0.325 e. The van der Waals surface area contributed by atoms with Crippen LogP contribution in [0.2, 0.25) is 0 Å². The van der Waals surface area contributed by atoms with Crippen LogP contribution in [0.25, 0.3) is 0 Å². The van der Waals surface area contributed by atoms with Crippen LogP contribution in [0.5, 0.6) is 0 Å². The average molecular weight is 468 g/mol. The average Bonchev–Trinajstić information content (AvgIpc) is 3.43. The summed E-state index contributed by atoms with van der Waals surface area (Å²) in [4.78, 5) is 28.2. The number of anilines is 2. The first-order valence-corrected chi connectivity index (χ1v) is 12.4. The third kappa shape index (κ3) is 6.49. The summed E-state index contributed by atoms with van der Waals surface area (Å²) in [6.07, 6.45) is 3.23. The van der Waals surface area contributed by atoms with Gasteiger partial charge in [0, 0.05) is 12.4 Å². The Balaban J connectivity index is 0.00000166. The van der Waals surface area contributed by atoms with Crippen molar-refractivity contribution in [1.29, 1.82) is 0 Å². The molecule has 0 saturated heterocycles. The molecule has 1 heterocycles. The first kappa shape index (κ1) is 24.8. The van der Waals surface area contributed by atoms with Crippen molar-refractivity contribution in [3.05, 3.63) is 34.8 Å². The van der Waals surface area contributed by atoms with Gasteiger partial charge in [0.25, 0.3) is 0 Å². The van der Waals surface area contributed by atoms with Crippen LogP contribution in [0, 0.1) is 6.92 Å². The SMILES string of the molecule is CN.CNC(=O)Cc1csc(NC(=O)Nc2ccc(C)cc2S(=O)(=O)C2CCCC2)n1. The summed E-state index contributed by atoms with van der Waals surface area (Å²) in [7, 11) is -0.481. The Morgan fingerprint density at radius 3 is 2.52 bits per heavy atom. The molecule has 1 aliphatic carbocycles. The number of sulfone groups is 1. The van der Waals surface area contributed by atoms with E-state index in [2.05, 4.69) is 26.7 Å². The van der Waals surface area contributed by atoms with Crippen molar-refractivity contribution in [3.63, 3.8) is 0 Å². The number of aryl methyl sites for hydroxylation is 1. The number of rotatable bonds is 6. The molecule has 0 radical (unpaired) electrons. The van der Waals surface area contributed by atoms with E-state index in [1.807, 2.05) is 6.92 Å². The fourth-order valence-electron chi connectivity index (χ4n) is 3.30. The van der Waals surface area contributed by atoms with Crippen molar-refractivity contribution in [2.24, 2.45) is 5.73 Å². The summed E-state index contributed by atoms with van der Waals surface area (Å²) in [5, 5.41) is 9.36. The molecule has 1 saturated carbocycles. The van der Waals surface area contributed by atoms with E-state index in [0.29, 0.717) is 23.7 Å². The Kier molecular flexibility index (Phi) is 8.96. The molecular formula is C20H29N5O4S2. The normalized spacial score (nSPS) is 13.8. The van der Waals surface area contributed by atoms with Gasteiger partial charge in [0.2, 0.25) is 5.91 Å². The molecule has 31 heavy (non-hydrogen) atoms. The maximum atomic E-state index is 13.1. The number of carbonyl (C=O) groups excluding carboxylic acids is 2. The highest BCUT2D eigenvalue weighted by atomic mass is 32.2. The minimum Gasteiger partial charge on any atom is -0.359 e. The molecule has 0 bridgehead atoms. The summed E-state index contributed by atoms with van der Waals surface area (Å²) < 4.78 is 26.1. The molecule has 3 amide bonds. The summed E-state index contributed by atoms with van der Waals surface area (Å²) in [5.41, 5.74) is 6.11. The lowest BCUT2D eigenvalue weighted by molar-refractivity contribution is -0.120. The highest BCUT2D eigenvalue weighted by molar-refractivity contribution is 7.92. The lowest BCUT2D eigenvalue weighted by Gasteiger charge is -2.16. The van der Waals surface area contributed by atoms with Gasteiger partial charge in [0.05, 0.1) is 27.9 Å². The van der Waals surface area contributed by atoms with E-state index in [1.165, 1.54) is 18.4 Å². The zero-order valence-electron chi connectivity index (χ0n) is 17.9. The van der Waals surface area contributed by atoms with Gasteiger partial charge in [-0.2, -0.15) is 0 Å². The fraction of sp³-hybridized carbons (Fsp3) is 0.450. The van der Waals surface area contributed by atoms with Crippen molar-refractivity contribution < 1.29 is 18.0 Å². The molecule has 11 heteroatoms. The number of thiazole rings is 1. The van der Waals surface area contributed by atoms with Gasteiger partial charge in [0.15, 0.2) is 15.0 Å². The van der Waals surface area contributed by atoms with E-state index in [1.54, 1.807) is 30.6 Å². The maximum absolute atomic E-state index is 13.1. The van der Waals surface area contributed by atoms with Crippen LogP contribution in [0.1, 0.15) is 36.9 Å². The molecule has 0 aliphatic heterocycles. The molecule has 5 N–H and O–H groups in total. The molecule has 1 aromatic heterocycles. The monoisotopic (exact) mass is 467 g/mol. The summed E-state index contributed by atoms with van der Waals surface area (Å²) in [5.74, 6) is -0.173. The topological polar surface area (TPSA) is 143 Å². The number of amides is 3. The number of hydrogen-bond acceptors (Lipinski definition) is 7. The second-order valence-electron chi connectivity index (χ2n) is 7.02.